The number of carboxylic acid groups (broad SMARTS) is 1. The van der Waals surface area contributed by atoms with Crippen LogP contribution in [-0.4, -0.2) is 76.3 Å². The Kier molecular flexibility index (Phi) is 7.14. The summed E-state index contributed by atoms with van der Waals surface area (Å²) < 4.78 is 93.9. The van der Waals surface area contributed by atoms with Gasteiger partial charge in [-0.15, -0.1) is 13.2 Å². The van der Waals surface area contributed by atoms with Gasteiger partial charge < -0.3 is 14.7 Å². The number of benzene rings is 1. The highest BCUT2D eigenvalue weighted by Crippen LogP contribution is 2.32. The number of aliphatic carboxylic acids is 1. The van der Waals surface area contributed by atoms with Gasteiger partial charge >= 0.3 is 12.3 Å². The van der Waals surface area contributed by atoms with Gasteiger partial charge in [0.15, 0.2) is 9.34 Å². The molecule has 3 rings (SSSR count). The summed E-state index contributed by atoms with van der Waals surface area (Å²) in [6, 6.07) is 1.85. The van der Waals surface area contributed by atoms with Crippen molar-refractivity contribution in [3.05, 3.63) is 30.0 Å². The highest BCUT2D eigenvalue weighted by atomic mass is 32.2. The van der Waals surface area contributed by atoms with E-state index in [0.29, 0.717) is 0 Å². The molecule has 0 amide bonds. The first kappa shape index (κ1) is 26.1. The minimum Gasteiger partial charge on any atom is -0.480 e. The molecular weight excluding hydrogens is 525 g/mol. The number of rotatable bonds is 7. The Morgan fingerprint density at radius 1 is 1.21 bits per heavy atom. The average molecular weight is 545 g/mol. The lowest BCUT2D eigenvalue weighted by molar-refractivity contribution is -0.274. The molecule has 0 bridgehead atoms. The molecule has 1 aliphatic rings. The molecule has 1 saturated heterocycles. The lowest BCUT2D eigenvalue weighted by atomic mass is 10.2. The Morgan fingerprint density at radius 3 is 2.35 bits per heavy atom. The molecule has 0 spiro atoms. The number of nitrogens with one attached hydrogen (secondary N) is 1. The van der Waals surface area contributed by atoms with E-state index in [1.807, 2.05) is 0 Å². The van der Waals surface area contributed by atoms with E-state index in [4.69, 9.17) is 0 Å². The quantitative estimate of drug-likeness (QED) is 0.525. The lowest BCUT2D eigenvalue weighted by Gasteiger charge is -2.38. The maximum atomic E-state index is 13.1. The molecule has 11 nitrogen and oxygen atoms in total. The topological polar surface area (TPSA) is 146 Å². The van der Waals surface area contributed by atoms with Crippen LogP contribution in [-0.2, 0) is 24.8 Å². The van der Waals surface area contributed by atoms with Crippen LogP contribution < -0.4 is 14.4 Å². The van der Waals surface area contributed by atoms with Crippen LogP contribution in [0.2, 0.25) is 0 Å². The zero-order valence-electron chi connectivity index (χ0n) is 17.6. The van der Waals surface area contributed by atoms with Gasteiger partial charge in [-0.1, -0.05) is 11.3 Å². The number of ether oxygens (including phenoxy) is 1. The van der Waals surface area contributed by atoms with Crippen molar-refractivity contribution in [2.24, 2.45) is 0 Å². The molecule has 17 heteroatoms. The second-order valence-electron chi connectivity index (χ2n) is 7.01. The van der Waals surface area contributed by atoms with Crippen LogP contribution in [0, 0.1) is 6.92 Å². The van der Waals surface area contributed by atoms with Gasteiger partial charge in [-0.2, -0.15) is 4.31 Å². The number of aromatic nitrogens is 1. The standard InChI is InChI=1S/C17H19F3N4O7S3/c1-10-15(33(27,28)21-2)32-16(22-10)23-7-8-24(13(9-23)14(25)26)34(29,30)12-5-3-11(4-6-12)31-17(18,19)20/h3-6,13,21H,7-9H2,1-2H3,(H,25,26)/t13-/m1/s1. The molecule has 0 saturated carbocycles. The summed E-state index contributed by atoms with van der Waals surface area (Å²) in [4.78, 5) is 17.2. The molecule has 1 aromatic carbocycles. The fourth-order valence-electron chi connectivity index (χ4n) is 3.22. The van der Waals surface area contributed by atoms with Gasteiger partial charge in [0.2, 0.25) is 10.0 Å². The number of carbonyl (C=O) groups is 1. The number of aryl methyl sites for hydroxylation is 1. The van der Waals surface area contributed by atoms with Crippen molar-refractivity contribution in [3.8, 4) is 5.75 Å². The smallest absolute Gasteiger partial charge is 0.480 e. The van der Waals surface area contributed by atoms with Crippen LogP contribution in [0.5, 0.6) is 5.75 Å². The van der Waals surface area contributed by atoms with Crippen molar-refractivity contribution in [3.63, 3.8) is 0 Å². The Labute approximate surface area is 196 Å². The zero-order valence-corrected chi connectivity index (χ0v) is 20.1. The first-order valence-electron chi connectivity index (χ1n) is 9.42. The minimum atomic E-state index is -4.95. The van der Waals surface area contributed by atoms with Crippen LogP contribution in [0.4, 0.5) is 18.3 Å². The minimum absolute atomic E-state index is 0.00424. The predicted octanol–water partition coefficient (Wildman–Crippen LogP) is 1.22. The highest BCUT2D eigenvalue weighted by Gasteiger charge is 2.41. The summed E-state index contributed by atoms with van der Waals surface area (Å²) in [7, 11) is -6.94. The predicted molar refractivity (Wildman–Crippen MR) is 114 cm³/mol. The van der Waals surface area contributed by atoms with Gasteiger partial charge in [0.05, 0.1) is 10.6 Å². The SMILES string of the molecule is CNS(=O)(=O)c1sc(N2CCN(S(=O)(=O)c3ccc(OC(F)(F)F)cc3)[C@@H](C(=O)O)C2)nc1C. The van der Waals surface area contributed by atoms with E-state index >= 15 is 0 Å². The molecule has 2 aromatic rings. The monoisotopic (exact) mass is 544 g/mol. The van der Waals surface area contributed by atoms with Crippen LogP contribution >= 0.6 is 11.3 Å². The molecule has 188 valence electrons. The summed E-state index contributed by atoms with van der Waals surface area (Å²) >= 11 is 0.820. The second kappa shape index (κ2) is 9.29. The second-order valence-corrected chi connectivity index (χ2v) is 12.0. The molecule has 1 fully saturated rings. The van der Waals surface area contributed by atoms with Crippen molar-refractivity contribution in [2.75, 3.05) is 31.6 Å². The number of hydrogen-bond donors (Lipinski definition) is 2. The van der Waals surface area contributed by atoms with Crippen molar-refractivity contribution >= 4 is 42.5 Å². The maximum Gasteiger partial charge on any atom is 0.573 e. The fraction of sp³-hybridized carbons (Fsp3) is 0.412. The molecule has 1 aliphatic heterocycles. The number of piperazine rings is 1. The van der Waals surface area contributed by atoms with Gasteiger partial charge in [-0.25, -0.2) is 26.5 Å². The van der Waals surface area contributed by atoms with Gasteiger partial charge in [0, 0.05) is 19.6 Å². The van der Waals surface area contributed by atoms with Crippen LogP contribution in [0.15, 0.2) is 33.4 Å². The number of thiazole rings is 1. The normalized spacial score (nSPS) is 18.1. The van der Waals surface area contributed by atoms with E-state index < -0.39 is 49.1 Å². The van der Waals surface area contributed by atoms with Crippen LogP contribution in [0.3, 0.4) is 0 Å². The molecule has 0 radical (unpaired) electrons. The van der Waals surface area contributed by atoms with E-state index in [0.717, 1.165) is 39.9 Å². The van der Waals surface area contributed by atoms with E-state index in [2.05, 4.69) is 14.4 Å². The molecule has 1 atom stereocenters. The van der Waals surface area contributed by atoms with Gasteiger partial charge in [0.25, 0.3) is 10.0 Å². The van der Waals surface area contributed by atoms with E-state index in [1.165, 1.54) is 18.9 Å². The molecule has 2 heterocycles. The molecule has 34 heavy (non-hydrogen) atoms. The van der Waals surface area contributed by atoms with Gasteiger partial charge in [-0.3, -0.25) is 4.79 Å². The van der Waals surface area contributed by atoms with Gasteiger partial charge in [-0.05, 0) is 38.2 Å². The van der Waals surface area contributed by atoms with Crippen LogP contribution in [0.1, 0.15) is 5.69 Å². The molecule has 2 N–H and O–H groups in total. The Morgan fingerprint density at radius 2 is 1.82 bits per heavy atom. The van der Waals surface area contributed by atoms with E-state index in [-0.39, 0.29) is 34.7 Å². The lowest BCUT2D eigenvalue weighted by Crippen LogP contribution is -2.58. The summed E-state index contributed by atoms with van der Waals surface area (Å²) in [5.41, 5.74) is 0.206. The third-order valence-electron chi connectivity index (χ3n) is 4.81. The first-order chi connectivity index (χ1) is 15.7. The number of carboxylic acids is 1. The van der Waals surface area contributed by atoms with E-state index in [1.54, 1.807) is 0 Å². The largest absolute Gasteiger partial charge is 0.573 e. The van der Waals surface area contributed by atoms with Crippen molar-refractivity contribution in [1.29, 1.82) is 0 Å². The Bertz CT molecular complexity index is 1280. The highest BCUT2D eigenvalue weighted by molar-refractivity contribution is 7.91. The Balaban J connectivity index is 1.86. The zero-order chi connectivity index (χ0) is 25.5. The average Bonchev–Trinajstić information content (AvgIpc) is 3.15. The summed E-state index contributed by atoms with van der Waals surface area (Å²) in [6.07, 6.45) is -4.95. The first-order valence-corrected chi connectivity index (χ1v) is 13.2. The molecule has 0 unspecified atom stereocenters. The number of anilines is 1. The number of hydrogen-bond acceptors (Lipinski definition) is 9. The number of sulfonamides is 2. The summed E-state index contributed by atoms with van der Waals surface area (Å²) in [6.45, 7) is 0.874. The number of halogens is 3. The molecular formula is C17H19F3N4O7S3. The number of alkyl halides is 3. The van der Waals surface area contributed by atoms with Crippen molar-refractivity contribution in [2.45, 2.75) is 28.4 Å². The van der Waals surface area contributed by atoms with Crippen LogP contribution in [0.25, 0.3) is 0 Å². The van der Waals surface area contributed by atoms with Gasteiger partial charge in [0.1, 0.15) is 11.8 Å². The summed E-state index contributed by atoms with van der Waals surface area (Å²) in [5, 5.41) is 9.89. The molecule has 0 aliphatic carbocycles. The van der Waals surface area contributed by atoms with Crippen molar-refractivity contribution < 1.29 is 44.6 Å². The summed E-state index contributed by atoms with van der Waals surface area (Å²) in [5.74, 6) is -2.08. The fourth-order valence-corrected chi connectivity index (χ4v) is 7.16. The van der Waals surface area contributed by atoms with Crippen molar-refractivity contribution in [1.82, 2.24) is 14.0 Å². The van der Waals surface area contributed by atoms with E-state index in [9.17, 15) is 39.9 Å². The maximum absolute atomic E-state index is 13.1. The third kappa shape index (κ3) is 5.43. The Hall–Kier alpha value is -2.47. The third-order valence-corrected chi connectivity index (χ3v) is 9.97. The number of nitrogens with zero attached hydrogens (tertiary/aromatic N) is 3. The molecule has 1 aromatic heterocycles.